The number of hydrogen-bond acceptors (Lipinski definition) is 2. The molecule has 0 saturated heterocycles. The lowest BCUT2D eigenvalue weighted by molar-refractivity contribution is 0.564. The maximum Gasteiger partial charge on any atom is 0.187 e. The highest BCUT2D eigenvalue weighted by Crippen LogP contribution is 2.23. The van der Waals surface area contributed by atoms with Crippen molar-refractivity contribution in [2.75, 3.05) is 0 Å². The Balaban J connectivity index is 2.58. The molecule has 1 aromatic carbocycles. The largest absolute Gasteiger partial charge is 0.302 e. The average molecular weight is 219 g/mol. The second-order valence-electron chi connectivity index (χ2n) is 2.96. The normalized spacial score (nSPS) is 12.3. The van der Waals surface area contributed by atoms with E-state index in [2.05, 4.69) is 4.98 Å². The zero-order valence-electron chi connectivity index (χ0n) is 7.83. The minimum Gasteiger partial charge on any atom is -0.302 e. The molecular formula is C11H9NO2S. The van der Waals surface area contributed by atoms with Gasteiger partial charge in [-0.2, -0.15) is 0 Å². The first kappa shape index (κ1) is 10.0. The Bertz CT molecular complexity index is 485. The van der Waals surface area contributed by atoms with Gasteiger partial charge in [-0.25, -0.2) is 4.21 Å². The van der Waals surface area contributed by atoms with E-state index in [-0.39, 0.29) is 0 Å². The molecular weight excluding hydrogens is 210 g/mol. The first-order valence-electron chi connectivity index (χ1n) is 4.40. The Morgan fingerprint density at radius 3 is 2.47 bits per heavy atom. The van der Waals surface area contributed by atoms with Gasteiger partial charge in [0.05, 0.1) is 10.6 Å². The number of nitrogens with zero attached hydrogens (tertiary/aromatic N) is 1. The molecule has 0 radical (unpaired) electrons. The van der Waals surface area contributed by atoms with Crippen molar-refractivity contribution in [2.45, 2.75) is 4.90 Å². The molecule has 0 spiro atoms. The fourth-order valence-electron chi connectivity index (χ4n) is 1.35. The molecule has 76 valence electrons. The van der Waals surface area contributed by atoms with Crippen molar-refractivity contribution in [1.29, 1.82) is 0 Å². The summed E-state index contributed by atoms with van der Waals surface area (Å²) in [5.74, 6) is 0. The van der Waals surface area contributed by atoms with E-state index in [1.54, 1.807) is 24.4 Å². The Morgan fingerprint density at radius 2 is 1.80 bits per heavy atom. The quantitative estimate of drug-likeness (QED) is 0.789. The lowest BCUT2D eigenvalue weighted by atomic mass is 10.1. The van der Waals surface area contributed by atoms with Gasteiger partial charge in [0.15, 0.2) is 11.1 Å². The third kappa shape index (κ3) is 2.11. The predicted molar refractivity (Wildman–Crippen MR) is 58.7 cm³/mol. The van der Waals surface area contributed by atoms with Crippen LogP contribution < -0.4 is 0 Å². The summed E-state index contributed by atoms with van der Waals surface area (Å²) in [5.41, 5.74) is 1.40. The van der Waals surface area contributed by atoms with Crippen molar-refractivity contribution in [3.63, 3.8) is 0 Å². The van der Waals surface area contributed by atoms with Gasteiger partial charge in [0.25, 0.3) is 0 Å². The van der Waals surface area contributed by atoms with Crippen molar-refractivity contribution in [3.8, 4) is 11.3 Å². The standard InChI is InChI=1S/C11H9NO2S/c13-15(14)11-7-2-1-5-9(11)10-6-3-4-8-12-10/h1-8H,(H,13,14). The van der Waals surface area contributed by atoms with E-state index in [0.717, 1.165) is 0 Å². The molecule has 1 unspecified atom stereocenters. The van der Waals surface area contributed by atoms with Gasteiger partial charge in [-0.3, -0.25) is 4.98 Å². The molecule has 1 atom stereocenters. The first-order chi connectivity index (χ1) is 7.29. The van der Waals surface area contributed by atoms with Crippen LogP contribution >= 0.6 is 0 Å². The second kappa shape index (κ2) is 4.33. The highest BCUT2D eigenvalue weighted by Gasteiger charge is 2.08. The molecule has 1 heterocycles. The summed E-state index contributed by atoms with van der Waals surface area (Å²) in [6.07, 6.45) is 1.66. The van der Waals surface area contributed by atoms with Crippen LogP contribution in [0.5, 0.6) is 0 Å². The topological polar surface area (TPSA) is 50.2 Å². The third-order valence-corrected chi connectivity index (χ3v) is 2.75. The van der Waals surface area contributed by atoms with E-state index in [1.165, 1.54) is 0 Å². The van der Waals surface area contributed by atoms with E-state index < -0.39 is 11.1 Å². The highest BCUT2D eigenvalue weighted by molar-refractivity contribution is 7.79. The summed E-state index contributed by atoms with van der Waals surface area (Å²) in [6, 6.07) is 12.4. The molecule has 0 bridgehead atoms. The van der Waals surface area contributed by atoms with Crippen LogP contribution in [0.3, 0.4) is 0 Å². The van der Waals surface area contributed by atoms with Crippen molar-refractivity contribution >= 4 is 11.1 Å². The summed E-state index contributed by atoms with van der Waals surface area (Å²) in [5, 5.41) is 0. The van der Waals surface area contributed by atoms with E-state index >= 15 is 0 Å². The summed E-state index contributed by atoms with van der Waals surface area (Å²) in [7, 11) is 0. The van der Waals surface area contributed by atoms with Gasteiger partial charge >= 0.3 is 0 Å². The molecule has 1 aromatic heterocycles. The Labute approximate surface area is 90.1 Å². The molecule has 1 N–H and O–H groups in total. The molecule has 0 amide bonds. The van der Waals surface area contributed by atoms with Crippen LogP contribution in [0.25, 0.3) is 11.3 Å². The van der Waals surface area contributed by atoms with Gasteiger partial charge in [0, 0.05) is 11.8 Å². The minimum atomic E-state index is -1.98. The summed E-state index contributed by atoms with van der Waals surface area (Å²) in [4.78, 5) is 4.53. The van der Waals surface area contributed by atoms with Crippen molar-refractivity contribution in [2.24, 2.45) is 0 Å². The predicted octanol–water partition coefficient (Wildman–Crippen LogP) is 2.33. The third-order valence-electron chi connectivity index (χ3n) is 2.02. The first-order valence-corrected chi connectivity index (χ1v) is 5.51. The minimum absolute atomic E-state index is 0.385. The fourth-order valence-corrected chi connectivity index (χ4v) is 1.91. The van der Waals surface area contributed by atoms with Gasteiger partial charge in [-0.15, -0.1) is 0 Å². The second-order valence-corrected chi connectivity index (χ2v) is 3.90. The van der Waals surface area contributed by atoms with E-state index in [4.69, 9.17) is 4.55 Å². The van der Waals surface area contributed by atoms with E-state index in [0.29, 0.717) is 16.2 Å². The van der Waals surface area contributed by atoms with Gasteiger partial charge in [0.2, 0.25) is 0 Å². The van der Waals surface area contributed by atoms with Gasteiger partial charge in [0.1, 0.15) is 0 Å². The van der Waals surface area contributed by atoms with Crippen LogP contribution in [0, 0.1) is 0 Å². The zero-order valence-corrected chi connectivity index (χ0v) is 8.65. The molecule has 15 heavy (non-hydrogen) atoms. The van der Waals surface area contributed by atoms with E-state index in [1.807, 2.05) is 24.3 Å². The van der Waals surface area contributed by atoms with Crippen LogP contribution in [0.2, 0.25) is 0 Å². The SMILES string of the molecule is O=S(O)c1ccccc1-c1ccccn1. The number of aromatic nitrogens is 1. The van der Waals surface area contributed by atoms with Crippen LogP contribution in [0.4, 0.5) is 0 Å². The zero-order chi connectivity index (χ0) is 10.7. The summed E-state index contributed by atoms with van der Waals surface area (Å²) >= 11 is -1.98. The van der Waals surface area contributed by atoms with Crippen molar-refractivity contribution in [3.05, 3.63) is 48.7 Å². The number of pyridine rings is 1. The summed E-state index contributed by atoms with van der Waals surface area (Å²) in [6.45, 7) is 0. The number of rotatable bonds is 2. The van der Waals surface area contributed by atoms with Crippen LogP contribution in [0.15, 0.2) is 53.6 Å². The van der Waals surface area contributed by atoms with Gasteiger partial charge in [-0.05, 0) is 18.2 Å². The number of hydrogen-bond donors (Lipinski definition) is 1. The molecule has 0 aliphatic carbocycles. The lowest BCUT2D eigenvalue weighted by Crippen LogP contribution is -1.93. The Kier molecular flexibility index (Phi) is 2.89. The number of benzene rings is 1. The van der Waals surface area contributed by atoms with Crippen molar-refractivity contribution in [1.82, 2.24) is 4.98 Å². The maximum absolute atomic E-state index is 11.1. The van der Waals surface area contributed by atoms with Gasteiger partial charge < -0.3 is 4.55 Å². The maximum atomic E-state index is 11.1. The van der Waals surface area contributed by atoms with Crippen LogP contribution in [0.1, 0.15) is 0 Å². The molecule has 2 rings (SSSR count). The van der Waals surface area contributed by atoms with Crippen LogP contribution in [-0.4, -0.2) is 13.7 Å². The molecule has 0 saturated carbocycles. The fraction of sp³-hybridized carbons (Fsp3) is 0. The monoisotopic (exact) mass is 219 g/mol. The Hall–Kier alpha value is -1.52. The van der Waals surface area contributed by atoms with Crippen molar-refractivity contribution < 1.29 is 8.76 Å². The molecule has 2 aromatic rings. The lowest BCUT2D eigenvalue weighted by Gasteiger charge is -2.04. The molecule has 0 fully saturated rings. The van der Waals surface area contributed by atoms with E-state index in [9.17, 15) is 4.21 Å². The molecule has 4 heteroatoms. The van der Waals surface area contributed by atoms with Crippen LogP contribution in [-0.2, 0) is 11.1 Å². The summed E-state index contributed by atoms with van der Waals surface area (Å²) < 4.78 is 20.2. The molecule has 0 aliphatic heterocycles. The smallest absolute Gasteiger partial charge is 0.187 e. The Morgan fingerprint density at radius 1 is 1.07 bits per heavy atom. The highest BCUT2D eigenvalue weighted by atomic mass is 32.2. The molecule has 0 aliphatic rings. The van der Waals surface area contributed by atoms with Gasteiger partial charge in [-0.1, -0.05) is 24.3 Å². The average Bonchev–Trinajstić information content (AvgIpc) is 2.30. The molecule has 3 nitrogen and oxygen atoms in total.